The van der Waals surface area contributed by atoms with E-state index in [0.29, 0.717) is 0 Å². The van der Waals surface area contributed by atoms with E-state index in [0.717, 1.165) is 0 Å². The van der Waals surface area contributed by atoms with Crippen LogP contribution in [0.5, 0.6) is 0 Å². The number of nitrogens with zero attached hydrogens (tertiary/aromatic N) is 5. The van der Waals surface area contributed by atoms with Crippen LogP contribution in [0.3, 0.4) is 0 Å². The number of ether oxygens (including phenoxy) is 1. The third-order valence-electron chi connectivity index (χ3n) is 5.47. The van der Waals surface area contributed by atoms with Crippen LogP contribution in [-0.4, -0.2) is 77.3 Å². The van der Waals surface area contributed by atoms with Crippen LogP contribution in [0.4, 0.5) is 13.6 Å². The van der Waals surface area contributed by atoms with Crippen molar-refractivity contribution in [2.45, 2.75) is 43.8 Å². The van der Waals surface area contributed by atoms with Crippen molar-refractivity contribution in [3.8, 4) is 0 Å². The molecule has 0 spiro atoms. The number of alkyl halides is 2. The Morgan fingerprint density at radius 3 is 2.73 bits per heavy atom. The molecule has 0 saturated carbocycles. The molecule has 0 aromatic rings. The zero-order chi connectivity index (χ0) is 21.9. The third kappa shape index (κ3) is 4.82. The molecule has 2 aliphatic heterocycles. The monoisotopic (exact) mass is 426 g/mol. The summed E-state index contributed by atoms with van der Waals surface area (Å²) in [6.45, 7) is 1.85. The van der Waals surface area contributed by atoms with Gasteiger partial charge in [0.2, 0.25) is 5.91 Å². The molecule has 30 heavy (non-hydrogen) atoms. The highest BCUT2D eigenvalue weighted by molar-refractivity contribution is 5.74. The second-order valence-electron chi connectivity index (χ2n) is 7.74. The molecule has 164 valence electrons. The number of piperidine rings is 1. The number of hydrogen-bond donors (Lipinski definition) is 2. The molecule has 3 aliphatic rings. The predicted octanol–water partition coefficient (Wildman–Crippen LogP) is 1.89. The lowest BCUT2D eigenvalue weighted by Gasteiger charge is -2.42. The van der Waals surface area contributed by atoms with Crippen LogP contribution in [0.25, 0.3) is 10.4 Å². The Morgan fingerprint density at radius 1 is 1.43 bits per heavy atom. The van der Waals surface area contributed by atoms with Crippen molar-refractivity contribution in [3.05, 3.63) is 34.0 Å². The molecular formula is C18H24F2N6O4. The predicted molar refractivity (Wildman–Crippen MR) is 101 cm³/mol. The van der Waals surface area contributed by atoms with Gasteiger partial charge in [-0.25, -0.2) is 4.79 Å². The van der Waals surface area contributed by atoms with Gasteiger partial charge in [0.1, 0.15) is 6.10 Å². The number of azide groups is 1. The second kappa shape index (κ2) is 8.49. The van der Waals surface area contributed by atoms with Crippen molar-refractivity contribution in [2.24, 2.45) is 5.11 Å². The average molecular weight is 426 g/mol. The Hall–Kier alpha value is -2.85. The molecule has 1 atom stereocenters. The molecule has 2 amide bonds. The van der Waals surface area contributed by atoms with Crippen LogP contribution in [0.1, 0.15) is 26.2 Å². The van der Waals surface area contributed by atoms with Gasteiger partial charge in [0.05, 0.1) is 37.4 Å². The molecule has 2 heterocycles. The van der Waals surface area contributed by atoms with Gasteiger partial charge in [0, 0.05) is 30.6 Å². The zero-order valence-corrected chi connectivity index (χ0v) is 16.6. The molecule has 2 saturated heterocycles. The Labute approximate surface area is 171 Å². The van der Waals surface area contributed by atoms with Gasteiger partial charge in [-0.1, -0.05) is 5.11 Å². The SMILES string of the molecule is CC(=O)NC[C@H]1CN(C2=CC=C(N3CCC(O)(CN=[N+]=[N-])CC3)C(F)(F)C2)C(=O)O1. The maximum absolute atomic E-state index is 14.9. The minimum Gasteiger partial charge on any atom is -0.442 e. The summed E-state index contributed by atoms with van der Waals surface area (Å²) in [5.41, 5.74) is 7.20. The van der Waals surface area contributed by atoms with Crippen LogP contribution < -0.4 is 5.32 Å². The molecule has 0 radical (unpaired) electrons. The Balaban J connectivity index is 1.67. The van der Waals surface area contributed by atoms with Gasteiger partial charge in [-0.05, 0) is 30.5 Å². The van der Waals surface area contributed by atoms with Crippen molar-refractivity contribution in [3.63, 3.8) is 0 Å². The normalized spacial score (nSPS) is 25.1. The first-order valence-corrected chi connectivity index (χ1v) is 9.63. The number of rotatable bonds is 6. The standard InChI is InChI=1S/C18H24F2N6O4/c1-12(27)22-9-14-10-26(16(28)30-14)13-2-3-15(18(19,20)8-13)25-6-4-17(29,5-7-25)11-23-24-21/h2-3,14,29H,4-11H2,1H3,(H,22,27)/t14-/m0/s1. The third-order valence-corrected chi connectivity index (χ3v) is 5.47. The number of carbonyl (C=O) groups is 2. The molecule has 1 aliphatic carbocycles. The molecule has 12 heteroatoms. The van der Waals surface area contributed by atoms with Gasteiger partial charge in [0.15, 0.2) is 0 Å². The van der Waals surface area contributed by atoms with Crippen LogP contribution in [-0.2, 0) is 9.53 Å². The summed E-state index contributed by atoms with van der Waals surface area (Å²) in [6.07, 6.45) is 1.22. The summed E-state index contributed by atoms with van der Waals surface area (Å²) in [4.78, 5) is 28.4. The van der Waals surface area contributed by atoms with E-state index in [1.165, 1.54) is 28.9 Å². The lowest BCUT2D eigenvalue weighted by molar-refractivity contribution is -0.119. The summed E-state index contributed by atoms with van der Waals surface area (Å²) in [5, 5.41) is 16.3. The van der Waals surface area contributed by atoms with E-state index in [9.17, 15) is 23.5 Å². The van der Waals surface area contributed by atoms with Crippen molar-refractivity contribution in [2.75, 3.05) is 32.7 Å². The highest BCUT2D eigenvalue weighted by Gasteiger charge is 2.45. The van der Waals surface area contributed by atoms with Gasteiger partial charge in [-0.2, -0.15) is 8.78 Å². The first-order chi connectivity index (χ1) is 14.1. The number of carbonyl (C=O) groups excluding carboxylic acids is 2. The summed E-state index contributed by atoms with van der Waals surface area (Å²) >= 11 is 0. The van der Waals surface area contributed by atoms with E-state index in [1.54, 1.807) is 0 Å². The Kier molecular flexibility index (Phi) is 6.18. The van der Waals surface area contributed by atoms with E-state index in [2.05, 4.69) is 15.3 Å². The minimum absolute atomic E-state index is 0.0837. The van der Waals surface area contributed by atoms with Gasteiger partial charge >= 0.3 is 6.09 Å². The zero-order valence-electron chi connectivity index (χ0n) is 16.6. The first kappa shape index (κ1) is 21.8. The number of cyclic esters (lactones) is 1. The molecular weight excluding hydrogens is 402 g/mol. The molecule has 0 bridgehead atoms. The molecule has 2 N–H and O–H groups in total. The number of amides is 2. The molecule has 0 aromatic heterocycles. The fourth-order valence-electron chi connectivity index (χ4n) is 3.80. The molecule has 3 rings (SSSR count). The molecule has 0 aromatic carbocycles. The quantitative estimate of drug-likeness (QED) is 0.380. The summed E-state index contributed by atoms with van der Waals surface area (Å²) in [7, 11) is 0. The molecule has 10 nitrogen and oxygen atoms in total. The van der Waals surface area contributed by atoms with E-state index < -0.39 is 30.1 Å². The largest absolute Gasteiger partial charge is 0.442 e. The smallest absolute Gasteiger partial charge is 0.414 e. The Morgan fingerprint density at radius 2 is 2.13 bits per heavy atom. The van der Waals surface area contributed by atoms with Gasteiger partial charge in [-0.15, -0.1) is 0 Å². The van der Waals surface area contributed by atoms with Crippen molar-refractivity contribution in [1.29, 1.82) is 0 Å². The van der Waals surface area contributed by atoms with E-state index in [1.807, 2.05) is 0 Å². The summed E-state index contributed by atoms with van der Waals surface area (Å²) in [5.74, 6) is -3.46. The summed E-state index contributed by atoms with van der Waals surface area (Å²) in [6, 6.07) is 0. The van der Waals surface area contributed by atoms with Crippen LogP contribution in [0, 0.1) is 0 Å². The average Bonchev–Trinajstić information content (AvgIpc) is 3.06. The number of aliphatic hydroxyl groups is 1. The number of nitrogens with one attached hydrogen (secondary N) is 1. The van der Waals surface area contributed by atoms with Crippen LogP contribution in [0.2, 0.25) is 0 Å². The maximum atomic E-state index is 14.9. The highest BCUT2D eigenvalue weighted by atomic mass is 19.3. The van der Waals surface area contributed by atoms with Gasteiger partial charge < -0.3 is 20.1 Å². The Bertz CT molecular complexity index is 815. The number of hydrogen-bond acceptors (Lipinski definition) is 6. The topological polar surface area (TPSA) is 131 Å². The number of halogens is 2. The lowest BCUT2D eigenvalue weighted by Crippen LogP contribution is -2.48. The van der Waals surface area contributed by atoms with E-state index in [4.69, 9.17) is 10.3 Å². The van der Waals surface area contributed by atoms with Crippen molar-refractivity contribution < 1.29 is 28.2 Å². The minimum atomic E-state index is -3.19. The lowest BCUT2D eigenvalue weighted by atomic mass is 9.90. The van der Waals surface area contributed by atoms with Crippen molar-refractivity contribution in [1.82, 2.24) is 15.1 Å². The van der Waals surface area contributed by atoms with E-state index in [-0.39, 0.29) is 62.9 Å². The first-order valence-electron chi connectivity index (χ1n) is 9.63. The number of allylic oxidation sites excluding steroid dienone is 4. The summed E-state index contributed by atoms with van der Waals surface area (Å²) < 4.78 is 35.0. The van der Waals surface area contributed by atoms with Gasteiger partial charge in [-0.3, -0.25) is 9.69 Å². The fraction of sp³-hybridized carbons (Fsp3) is 0.667. The molecule has 2 fully saturated rings. The van der Waals surface area contributed by atoms with Crippen LogP contribution in [0.15, 0.2) is 28.7 Å². The fourth-order valence-corrected chi connectivity index (χ4v) is 3.80. The highest BCUT2D eigenvalue weighted by Crippen LogP contribution is 2.40. The van der Waals surface area contributed by atoms with Crippen LogP contribution >= 0.6 is 0 Å². The van der Waals surface area contributed by atoms with E-state index >= 15 is 0 Å². The van der Waals surface area contributed by atoms with Crippen molar-refractivity contribution >= 4 is 12.0 Å². The molecule has 0 unspecified atom stereocenters. The number of likely N-dealkylation sites (tertiary alicyclic amines) is 1. The maximum Gasteiger partial charge on any atom is 0.414 e. The van der Waals surface area contributed by atoms with Gasteiger partial charge in [0.25, 0.3) is 5.92 Å². The second-order valence-corrected chi connectivity index (χ2v) is 7.74.